The van der Waals surface area contributed by atoms with Crippen molar-refractivity contribution in [1.29, 1.82) is 0 Å². The van der Waals surface area contributed by atoms with Crippen LogP contribution in [-0.2, 0) is 0 Å². The van der Waals surface area contributed by atoms with Gasteiger partial charge in [0, 0.05) is 12.6 Å². The monoisotopic (exact) mass is 193 g/mol. The molecule has 1 aromatic carbocycles. The van der Waals surface area contributed by atoms with Crippen LogP contribution in [0.4, 0.5) is 0 Å². The smallest absolute Gasteiger partial charge is 0.0556 e. The number of hydrogen-bond acceptors (Lipinski definition) is 2. The average molecular weight is 193 g/mol. The van der Waals surface area contributed by atoms with Crippen molar-refractivity contribution in [2.45, 2.75) is 26.8 Å². The molecule has 0 saturated heterocycles. The summed E-state index contributed by atoms with van der Waals surface area (Å²) in [6.45, 7) is 7.19. The molecule has 1 aromatic rings. The summed E-state index contributed by atoms with van der Waals surface area (Å²) in [4.78, 5) is 0. The fourth-order valence-corrected chi connectivity index (χ4v) is 1.43. The second-order valence-electron chi connectivity index (χ2n) is 3.74. The zero-order valence-corrected chi connectivity index (χ0v) is 9.17. The minimum atomic E-state index is 0.190. The second-order valence-corrected chi connectivity index (χ2v) is 3.74. The van der Waals surface area contributed by atoms with Gasteiger partial charge in [0.2, 0.25) is 0 Å². The minimum Gasteiger partial charge on any atom is -0.395 e. The highest BCUT2D eigenvalue weighted by atomic mass is 16.3. The molecule has 0 unspecified atom stereocenters. The van der Waals surface area contributed by atoms with Gasteiger partial charge in [0.25, 0.3) is 0 Å². The van der Waals surface area contributed by atoms with Gasteiger partial charge < -0.3 is 10.4 Å². The molecule has 0 aliphatic rings. The molecule has 2 N–H and O–H groups in total. The van der Waals surface area contributed by atoms with Gasteiger partial charge in [-0.05, 0) is 37.5 Å². The Morgan fingerprint density at radius 1 is 1.29 bits per heavy atom. The number of nitrogens with one attached hydrogen (secondary N) is 1. The van der Waals surface area contributed by atoms with E-state index >= 15 is 0 Å². The van der Waals surface area contributed by atoms with E-state index in [0.717, 1.165) is 0 Å². The molecule has 14 heavy (non-hydrogen) atoms. The molecule has 0 radical (unpaired) electrons. The van der Waals surface area contributed by atoms with Crippen LogP contribution in [0.3, 0.4) is 0 Å². The Balaban J connectivity index is 2.70. The average Bonchev–Trinajstić information content (AvgIpc) is 2.18. The number of aliphatic hydroxyl groups is 1. The molecule has 2 heteroatoms. The lowest BCUT2D eigenvalue weighted by Gasteiger charge is -2.14. The van der Waals surface area contributed by atoms with Crippen LogP contribution >= 0.6 is 0 Å². The first-order chi connectivity index (χ1) is 6.65. The van der Waals surface area contributed by atoms with Crippen LogP contribution in [0.1, 0.15) is 29.7 Å². The van der Waals surface area contributed by atoms with Crippen molar-refractivity contribution in [2.24, 2.45) is 0 Å². The Hall–Kier alpha value is -0.860. The predicted octanol–water partition coefficient (Wildman–Crippen LogP) is 1.95. The highest BCUT2D eigenvalue weighted by Gasteiger charge is 2.04. The van der Waals surface area contributed by atoms with E-state index in [9.17, 15) is 0 Å². The summed E-state index contributed by atoms with van der Waals surface area (Å²) in [5.74, 6) is 0. The van der Waals surface area contributed by atoms with Crippen LogP contribution in [0.5, 0.6) is 0 Å². The third-order valence-electron chi connectivity index (χ3n) is 2.59. The van der Waals surface area contributed by atoms with Gasteiger partial charge in [-0.1, -0.05) is 18.2 Å². The van der Waals surface area contributed by atoms with Crippen LogP contribution in [0.15, 0.2) is 18.2 Å². The molecule has 0 fully saturated rings. The van der Waals surface area contributed by atoms with Gasteiger partial charge in [0.05, 0.1) is 6.61 Å². The Morgan fingerprint density at radius 3 is 2.57 bits per heavy atom. The van der Waals surface area contributed by atoms with Crippen molar-refractivity contribution in [3.63, 3.8) is 0 Å². The zero-order valence-electron chi connectivity index (χ0n) is 9.17. The lowest BCUT2D eigenvalue weighted by molar-refractivity contribution is 0.286. The van der Waals surface area contributed by atoms with Gasteiger partial charge in [-0.2, -0.15) is 0 Å². The van der Waals surface area contributed by atoms with Crippen LogP contribution in [0, 0.1) is 13.8 Å². The fraction of sp³-hybridized carbons (Fsp3) is 0.500. The quantitative estimate of drug-likeness (QED) is 0.766. The van der Waals surface area contributed by atoms with E-state index in [-0.39, 0.29) is 6.61 Å². The molecule has 0 aromatic heterocycles. The Morgan fingerprint density at radius 2 is 2.00 bits per heavy atom. The molecule has 0 aliphatic carbocycles. The number of aliphatic hydroxyl groups excluding tert-OH is 1. The molecule has 1 atom stereocenters. The SMILES string of the molecule is Cc1ccc([C@@H](C)NCCO)cc1C. The van der Waals surface area contributed by atoms with Crippen molar-refractivity contribution in [2.75, 3.05) is 13.2 Å². The summed E-state index contributed by atoms with van der Waals surface area (Å²) in [5.41, 5.74) is 3.92. The molecule has 78 valence electrons. The molecule has 0 bridgehead atoms. The highest BCUT2D eigenvalue weighted by molar-refractivity contribution is 5.31. The van der Waals surface area contributed by atoms with E-state index < -0.39 is 0 Å². The standard InChI is InChI=1S/C12H19NO/c1-9-4-5-12(8-10(9)2)11(3)13-6-7-14/h4-5,8,11,13-14H,6-7H2,1-3H3/t11-/m1/s1. The maximum Gasteiger partial charge on any atom is 0.0556 e. The summed E-state index contributed by atoms with van der Waals surface area (Å²) in [6, 6.07) is 6.78. The first-order valence-corrected chi connectivity index (χ1v) is 5.06. The number of hydrogen-bond donors (Lipinski definition) is 2. The molecule has 0 spiro atoms. The van der Waals surface area contributed by atoms with E-state index in [1.54, 1.807) is 0 Å². The van der Waals surface area contributed by atoms with E-state index in [0.29, 0.717) is 12.6 Å². The summed E-state index contributed by atoms with van der Waals surface area (Å²) in [7, 11) is 0. The summed E-state index contributed by atoms with van der Waals surface area (Å²) in [6.07, 6.45) is 0. The van der Waals surface area contributed by atoms with Gasteiger partial charge in [-0.3, -0.25) is 0 Å². The molecule has 0 saturated carbocycles. The summed E-state index contributed by atoms with van der Waals surface area (Å²) >= 11 is 0. The van der Waals surface area contributed by atoms with E-state index in [4.69, 9.17) is 5.11 Å². The predicted molar refractivity (Wildman–Crippen MR) is 59.4 cm³/mol. The van der Waals surface area contributed by atoms with Crippen molar-refractivity contribution in [3.05, 3.63) is 34.9 Å². The highest BCUT2D eigenvalue weighted by Crippen LogP contribution is 2.16. The molecular formula is C12H19NO. The first-order valence-electron chi connectivity index (χ1n) is 5.06. The molecular weight excluding hydrogens is 174 g/mol. The molecule has 0 amide bonds. The van der Waals surface area contributed by atoms with Crippen molar-refractivity contribution in [1.82, 2.24) is 5.32 Å². The lowest BCUT2D eigenvalue weighted by atomic mass is 10.0. The lowest BCUT2D eigenvalue weighted by Crippen LogP contribution is -2.22. The number of rotatable bonds is 4. The fourth-order valence-electron chi connectivity index (χ4n) is 1.43. The molecule has 0 heterocycles. The second kappa shape index (κ2) is 5.13. The van der Waals surface area contributed by atoms with E-state index in [1.807, 2.05) is 0 Å². The van der Waals surface area contributed by atoms with Crippen LogP contribution in [0.2, 0.25) is 0 Å². The molecule has 0 aliphatic heterocycles. The maximum absolute atomic E-state index is 8.70. The Bertz CT molecular complexity index is 296. The molecule has 1 rings (SSSR count). The van der Waals surface area contributed by atoms with Gasteiger partial charge in [0.15, 0.2) is 0 Å². The van der Waals surface area contributed by atoms with E-state index in [1.165, 1.54) is 16.7 Å². The third-order valence-corrected chi connectivity index (χ3v) is 2.59. The third kappa shape index (κ3) is 2.82. The Kier molecular flexibility index (Phi) is 4.11. The maximum atomic E-state index is 8.70. The molecule has 2 nitrogen and oxygen atoms in total. The van der Waals surface area contributed by atoms with Gasteiger partial charge in [0.1, 0.15) is 0 Å². The minimum absolute atomic E-state index is 0.190. The van der Waals surface area contributed by atoms with Crippen molar-refractivity contribution >= 4 is 0 Å². The van der Waals surface area contributed by atoms with Crippen LogP contribution in [-0.4, -0.2) is 18.3 Å². The normalized spacial score (nSPS) is 12.9. The largest absolute Gasteiger partial charge is 0.395 e. The van der Waals surface area contributed by atoms with Gasteiger partial charge in [-0.15, -0.1) is 0 Å². The van der Waals surface area contributed by atoms with E-state index in [2.05, 4.69) is 44.3 Å². The number of benzene rings is 1. The van der Waals surface area contributed by atoms with Gasteiger partial charge >= 0.3 is 0 Å². The van der Waals surface area contributed by atoms with Crippen LogP contribution in [0.25, 0.3) is 0 Å². The van der Waals surface area contributed by atoms with Crippen molar-refractivity contribution in [3.8, 4) is 0 Å². The Labute approximate surface area is 86.0 Å². The number of aryl methyl sites for hydroxylation is 2. The van der Waals surface area contributed by atoms with Crippen molar-refractivity contribution < 1.29 is 5.11 Å². The van der Waals surface area contributed by atoms with Crippen LogP contribution < -0.4 is 5.32 Å². The zero-order chi connectivity index (χ0) is 10.6. The topological polar surface area (TPSA) is 32.3 Å². The summed E-state index contributed by atoms with van der Waals surface area (Å²) < 4.78 is 0. The first kappa shape index (κ1) is 11.2. The summed E-state index contributed by atoms with van der Waals surface area (Å²) in [5, 5.41) is 11.9. The van der Waals surface area contributed by atoms with Gasteiger partial charge in [-0.25, -0.2) is 0 Å².